The number of aromatic nitrogens is 2. The lowest BCUT2D eigenvalue weighted by molar-refractivity contribution is 1.08. The first-order valence-corrected chi connectivity index (χ1v) is 7.36. The van der Waals surface area contributed by atoms with Crippen LogP contribution in [0.2, 0.25) is 0 Å². The zero-order chi connectivity index (χ0) is 14.4. The Bertz CT molecular complexity index is 941. The van der Waals surface area contributed by atoms with Crippen molar-refractivity contribution in [1.82, 2.24) is 9.55 Å². The second-order valence-corrected chi connectivity index (χ2v) is 5.52. The molecule has 0 saturated heterocycles. The number of nitrogens with zero attached hydrogens (tertiary/aromatic N) is 1. The van der Waals surface area contributed by atoms with Crippen molar-refractivity contribution < 1.29 is 0 Å². The number of H-pyrrole nitrogens is 1. The van der Waals surface area contributed by atoms with Gasteiger partial charge in [0.2, 0.25) is 0 Å². The molecule has 1 N–H and O–H groups in total. The molecule has 21 heavy (non-hydrogen) atoms. The first kappa shape index (κ1) is 12.3. The number of hydrogen-bond donors (Lipinski definition) is 1. The van der Waals surface area contributed by atoms with Crippen LogP contribution in [-0.4, -0.2) is 9.55 Å². The highest BCUT2D eigenvalue weighted by molar-refractivity contribution is 5.88. The van der Waals surface area contributed by atoms with Crippen molar-refractivity contribution >= 4 is 21.8 Å². The molecule has 2 heterocycles. The molecule has 2 aromatic heterocycles. The predicted octanol–water partition coefficient (Wildman–Crippen LogP) is 4.78. The molecule has 4 rings (SSSR count). The molecule has 2 nitrogen and oxygen atoms in total. The molecule has 0 aliphatic carbocycles. The number of fused-ring (bicyclic) bond motifs is 2. The molecule has 2 heteroatoms. The fourth-order valence-corrected chi connectivity index (χ4v) is 3.09. The van der Waals surface area contributed by atoms with Gasteiger partial charge in [-0.05, 0) is 48.7 Å². The van der Waals surface area contributed by atoms with E-state index in [-0.39, 0.29) is 0 Å². The number of rotatable bonds is 2. The Labute approximate surface area is 124 Å². The van der Waals surface area contributed by atoms with Crippen LogP contribution in [0.4, 0.5) is 0 Å². The average molecular weight is 273 g/mol. The third-order valence-corrected chi connectivity index (χ3v) is 4.26. The molecule has 0 amide bonds. The first-order valence-electron chi connectivity index (χ1n) is 7.36. The second-order valence-electron chi connectivity index (χ2n) is 5.52. The van der Waals surface area contributed by atoms with Crippen LogP contribution >= 0.6 is 0 Å². The molecular weight excluding hydrogens is 256 g/mol. The Morgan fingerprint density at radius 3 is 2.95 bits per heavy atom. The summed E-state index contributed by atoms with van der Waals surface area (Å²) in [6.45, 7) is 4.33. The molecule has 1 radical (unpaired) electrons. The molecule has 0 fully saturated rings. The van der Waals surface area contributed by atoms with E-state index in [2.05, 4.69) is 72.2 Å². The van der Waals surface area contributed by atoms with Gasteiger partial charge in [0, 0.05) is 34.4 Å². The van der Waals surface area contributed by atoms with Crippen molar-refractivity contribution in [2.75, 3.05) is 0 Å². The number of benzene rings is 2. The van der Waals surface area contributed by atoms with Crippen molar-refractivity contribution in [3.63, 3.8) is 0 Å². The van der Waals surface area contributed by atoms with Crippen LogP contribution in [0, 0.1) is 13.0 Å². The van der Waals surface area contributed by atoms with Crippen LogP contribution in [0.15, 0.2) is 48.8 Å². The van der Waals surface area contributed by atoms with E-state index in [0.29, 0.717) is 0 Å². The summed E-state index contributed by atoms with van der Waals surface area (Å²) in [6, 6.07) is 16.0. The summed E-state index contributed by atoms with van der Waals surface area (Å²) < 4.78 is 2.26. The molecule has 0 bridgehead atoms. The zero-order valence-electron chi connectivity index (χ0n) is 12.3. The number of hydrogen-bond acceptors (Lipinski definition) is 0. The fourth-order valence-electron chi connectivity index (χ4n) is 3.09. The van der Waals surface area contributed by atoms with Gasteiger partial charge in [0.05, 0.1) is 5.52 Å². The standard InChI is InChI=1S/C19H17N2/c1-3-14-12-21(19-7-5-4-6-17(14)19)15-8-9-16-13(2)11-20-18(16)10-15/h4,6-12,20H,3H2,1-2H3. The minimum atomic E-state index is 1.04. The normalized spacial score (nSPS) is 11.5. The van der Waals surface area contributed by atoms with Gasteiger partial charge in [-0.1, -0.05) is 25.1 Å². The second kappa shape index (κ2) is 4.52. The maximum Gasteiger partial charge on any atom is 0.0537 e. The van der Waals surface area contributed by atoms with Gasteiger partial charge < -0.3 is 9.55 Å². The van der Waals surface area contributed by atoms with E-state index >= 15 is 0 Å². The van der Waals surface area contributed by atoms with Crippen molar-refractivity contribution in [2.45, 2.75) is 20.3 Å². The summed E-state index contributed by atoms with van der Waals surface area (Å²) >= 11 is 0. The average Bonchev–Trinajstić information content (AvgIpc) is 3.08. The maximum atomic E-state index is 3.35. The van der Waals surface area contributed by atoms with E-state index < -0.39 is 0 Å². The van der Waals surface area contributed by atoms with Crippen molar-refractivity contribution in [2.24, 2.45) is 0 Å². The van der Waals surface area contributed by atoms with E-state index in [9.17, 15) is 0 Å². The van der Waals surface area contributed by atoms with E-state index in [0.717, 1.165) is 6.42 Å². The largest absolute Gasteiger partial charge is 0.361 e. The lowest BCUT2D eigenvalue weighted by Crippen LogP contribution is -1.91. The van der Waals surface area contributed by atoms with E-state index in [4.69, 9.17) is 0 Å². The molecule has 4 aromatic rings. The molecule has 0 aliphatic rings. The molecule has 0 aliphatic heterocycles. The Morgan fingerprint density at radius 2 is 2.10 bits per heavy atom. The highest BCUT2D eigenvalue weighted by Gasteiger charge is 2.09. The minimum absolute atomic E-state index is 1.04. The van der Waals surface area contributed by atoms with Crippen LogP contribution in [-0.2, 0) is 6.42 Å². The van der Waals surface area contributed by atoms with E-state index in [1.807, 2.05) is 6.07 Å². The fraction of sp³-hybridized carbons (Fsp3) is 0.158. The highest BCUT2D eigenvalue weighted by atomic mass is 15.0. The summed E-state index contributed by atoms with van der Waals surface area (Å²) in [5, 5.41) is 2.61. The van der Waals surface area contributed by atoms with Gasteiger partial charge in [0.25, 0.3) is 0 Å². The molecule has 2 aromatic carbocycles. The first-order chi connectivity index (χ1) is 10.3. The summed E-state index contributed by atoms with van der Waals surface area (Å²) in [4.78, 5) is 3.35. The molecule has 0 unspecified atom stereocenters. The smallest absolute Gasteiger partial charge is 0.0537 e. The Balaban J connectivity index is 1.99. The summed E-state index contributed by atoms with van der Waals surface area (Å²) in [7, 11) is 0. The molecule has 103 valence electrons. The van der Waals surface area contributed by atoms with Crippen LogP contribution in [0.1, 0.15) is 18.1 Å². The lowest BCUT2D eigenvalue weighted by Gasteiger charge is -2.05. The topological polar surface area (TPSA) is 20.7 Å². The third-order valence-electron chi connectivity index (χ3n) is 4.26. The SMILES string of the molecule is CCc1cn(-c2ccc3c(C)c[nH]c3c2)c2c[c]ccc12. The summed E-state index contributed by atoms with van der Waals surface area (Å²) in [5.74, 6) is 0. The predicted molar refractivity (Wildman–Crippen MR) is 88.1 cm³/mol. The monoisotopic (exact) mass is 273 g/mol. The summed E-state index contributed by atoms with van der Waals surface area (Å²) in [6.07, 6.45) is 5.35. The van der Waals surface area contributed by atoms with Gasteiger partial charge in [-0.15, -0.1) is 0 Å². The van der Waals surface area contributed by atoms with Crippen LogP contribution < -0.4 is 0 Å². The molecule has 0 spiro atoms. The quantitative estimate of drug-likeness (QED) is 0.542. The zero-order valence-corrected chi connectivity index (χ0v) is 12.3. The van der Waals surface area contributed by atoms with Gasteiger partial charge in [0.15, 0.2) is 0 Å². The van der Waals surface area contributed by atoms with Crippen molar-refractivity contribution in [1.29, 1.82) is 0 Å². The lowest BCUT2D eigenvalue weighted by atomic mass is 10.1. The van der Waals surface area contributed by atoms with E-state index in [1.54, 1.807) is 0 Å². The van der Waals surface area contributed by atoms with Crippen LogP contribution in [0.5, 0.6) is 0 Å². The number of aromatic amines is 1. The van der Waals surface area contributed by atoms with Crippen molar-refractivity contribution in [3.8, 4) is 5.69 Å². The molecule has 0 atom stereocenters. The minimum Gasteiger partial charge on any atom is -0.361 e. The number of nitrogens with one attached hydrogen (secondary N) is 1. The Kier molecular flexibility index (Phi) is 2.64. The Morgan fingerprint density at radius 1 is 1.19 bits per heavy atom. The highest BCUT2D eigenvalue weighted by Crippen LogP contribution is 2.27. The van der Waals surface area contributed by atoms with Crippen LogP contribution in [0.3, 0.4) is 0 Å². The number of aryl methyl sites for hydroxylation is 2. The molecular formula is C19H17N2. The third kappa shape index (κ3) is 1.79. The van der Waals surface area contributed by atoms with Gasteiger partial charge in [-0.2, -0.15) is 0 Å². The molecule has 0 saturated carbocycles. The van der Waals surface area contributed by atoms with Gasteiger partial charge in [-0.25, -0.2) is 0 Å². The Hall–Kier alpha value is -2.48. The van der Waals surface area contributed by atoms with E-state index in [1.165, 1.54) is 38.6 Å². The maximum absolute atomic E-state index is 3.35. The van der Waals surface area contributed by atoms with Gasteiger partial charge in [-0.3, -0.25) is 0 Å². The van der Waals surface area contributed by atoms with Gasteiger partial charge >= 0.3 is 0 Å². The van der Waals surface area contributed by atoms with Crippen molar-refractivity contribution in [3.05, 3.63) is 66.0 Å². The van der Waals surface area contributed by atoms with Crippen LogP contribution in [0.25, 0.3) is 27.5 Å². The summed E-state index contributed by atoms with van der Waals surface area (Å²) in [5.41, 5.74) is 6.26. The van der Waals surface area contributed by atoms with Gasteiger partial charge in [0.1, 0.15) is 0 Å².